The summed E-state index contributed by atoms with van der Waals surface area (Å²) >= 11 is 0. The van der Waals surface area contributed by atoms with Gasteiger partial charge >= 0.3 is 5.97 Å². The average Bonchev–Trinajstić information content (AvgIpc) is 2.59. The molecule has 2 heteroatoms. The lowest BCUT2D eigenvalue weighted by Gasteiger charge is -2.19. The standard InChI is InChI=1S/C24H26O2/c1-6-26-23(25)16-13-20-10-8-19(9-11-20)12-14-21-17-22(24(3,4)5)15-7-18(21)2/h7-11,13,15-17H,6H2,1-5H3. The second kappa shape index (κ2) is 8.54. The number of carbonyl (C=O) groups excluding carboxylic acids is 1. The van der Waals surface area contributed by atoms with E-state index in [-0.39, 0.29) is 11.4 Å². The minimum atomic E-state index is -0.328. The molecule has 2 rings (SSSR count). The summed E-state index contributed by atoms with van der Waals surface area (Å²) in [5.41, 5.74) is 5.51. The highest BCUT2D eigenvalue weighted by molar-refractivity contribution is 5.87. The minimum absolute atomic E-state index is 0.108. The van der Waals surface area contributed by atoms with Gasteiger partial charge in [0.05, 0.1) is 6.61 Å². The third-order valence-corrected chi connectivity index (χ3v) is 4.05. The molecule has 0 saturated heterocycles. The number of aryl methyl sites for hydroxylation is 1. The quantitative estimate of drug-likeness (QED) is 0.430. The van der Waals surface area contributed by atoms with Gasteiger partial charge in [0.2, 0.25) is 0 Å². The zero-order valence-electron chi connectivity index (χ0n) is 16.2. The Hall–Kier alpha value is -2.79. The van der Waals surface area contributed by atoms with E-state index in [1.165, 1.54) is 17.2 Å². The fraction of sp³-hybridized carbons (Fsp3) is 0.292. The molecule has 0 N–H and O–H groups in total. The predicted octanol–water partition coefficient (Wildman–Crippen LogP) is 5.27. The van der Waals surface area contributed by atoms with Gasteiger partial charge in [-0.2, -0.15) is 0 Å². The molecule has 0 aliphatic carbocycles. The van der Waals surface area contributed by atoms with Crippen molar-refractivity contribution >= 4 is 12.0 Å². The van der Waals surface area contributed by atoms with Crippen LogP contribution in [0.4, 0.5) is 0 Å². The summed E-state index contributed by atoms with van der Waals surface area (Å²) in [6, 6.07) is 14.3. The van der Waals surface area contributed by atoms with Crippen LogP contribution in [0.3, 0.4) is 0 Å². The number of rotatable bonds is 3. The maximum absolute atomic E-state index is 11.3. The van der Waals surface area contributed by atoms with E-state index >= 15 is 0 Å². The van der Waals surface area contributed by atoms with E-state index in [1.807, 2.05) is 24.3 Å². The van der Waals surface area contributed by atoms with E-state index < -0.39 is 0 Å². The van der Waals surface area contributed by atoms with E-state index in [9.17, 15) is 4.79 Å². The summed E-state index contributed by atoms with van der Waals surface area (Å²) < 4.78 is 4.87. The van der Waals surface area contributed by atoms with Crippen LogP contribution in [-0.2, 0) is 14.9 Å². The van der Waals surface area contributed by atoms with Gasteiger partial charge < -0.3 is 4.74 Å². The molecule has 2 aromatic carbocycles. The largest absolute Gasteiger partial charge is 0.463 e. The van der Waals surface area contributed by atoms with Gasteiger partial charge in [0.1, 0.15) is 0 Å². The first-order chi connectivity index (χ1) is 12.3. The second-order valence-corrected chi connectivity index (χ2v) is 7.24. The van der Waals surface area contributed by atoms with Gasteiger partial charge in [-0.3, -0.25) is 0 Å². The molecule has 26 heavy (non-hydrogen) atoms. The predicted molar refractivity (Wildman–Crippen MR) is 108 cm³/mol. The van der Waals surface area contributed by atoms with Crippen molar-refractivity contribution in [3.63, 3.8) is 0 Å². The van der Waals surface area contributed by atoms with Crippen molar-refractivity contribution < 1.29 is 9.53 Å². The van der Waals surface area contributed by atoms with Crippen LogP contribution in [-0.4, -0.2) is 12.6 Å². The van der Waals surface area contributed by atoms with Gasteiger partial charge in [-0.25, -0.2) is 4.79 Å². The van der Waals surface area contributed by atoms with Crippen molar-refractivity contribution in [2.24, 2.45) is 0 Å². The van der Waals surface area contributed by atoms with Crippen LogP contribution in [0.25, 0.3) is 6.08 Å². The highest BCUT2D eigenvalue weighted by Crippen LogP contribution is 2.24. The van der Waals surface area contributed by atoms with Gasteiger partial charge in [-0.15, -0.1) is 0 Å². The summed E-state index contributed by atoms with van der Waals surface area (Å²) in [4.78, 5) is 11.3. The number of ether oxygens (including phenoxy) is 1. The molecule has 0 bridgehead atoms. The van der Waals surface area contributed by atoms with Crippen molar-refractivity contribution in [3.8, 4) is 11.8 Å². The van der Waals surface area contributed by atoms with Crippen LogP contribution in [0, 0.1) is 18.8 Å². The monoisotopic (exact) mass is 346 g/mol. The Bertz CT molecular complexity index is 854. The smallest absolute Gasteiger partial charge is 0.330 e. The van der Waals surface area contributed by atoms with Crippen molar-refractivity contribution in [2.75, 3.05) is 6.61 Å². The Balaban J connectivity index is 2.17. The molecule has 2 aromatic rings. The Morgan fingerprint density at radius 3 is 2.38 bits per heavy atom. The zero-order chi connectivity index (χ0) is 19.2. The summed E-state index contributed by atoms with van der Waals surface area (Å²) in [7, 11) is 0. The van der Waals surface area contributed by atoms with Gasteiger partial charge in [0.25, 0.3) is 0 Å². The van der Waals surface area contributed by atoms with Crippen molar-refractivity contribution in [1.29, 1.82) is 0 Å². The molecule has 0 unspecified atom stereocenters. The van der Waals surface area contributed by atoms with Gasteiger partial charge in [-0.1, -0.05) is 56.9 Å². The van der Waals surface area contributed by atoms with Crippen LogP contribution in [0.1, 0.15) is 55.5 Å². The number of hydrogen-bond donors (Lipinski definition) is 0. The minimum Gasteiger partial charge on any atom is -0.463 e. The zero-order valence-corrected chi connectivity index (χ0v) is 16.2. The maximum Gasteiger partial charge on any atom is 0.330 e. The van der Waals surface area contributed by atoms with E-state index in [1.54, 1.807) is 13.0 Å². The lowest BCUT2D eigenvalue weighted by Crippen LogP contribution is -2.11. The second-order valence-electron chi connectivity index (χ2n) is 7.24. The van der Waals surface area contributed by atoms with Gasteiger partial charge in [0, 0.05) is 17.2 Å². The van der Waals surface area contributed by atoms with E-state index in [0.29, 0.717) is 6.61 Å². The third-order valence-electron chi connectivity index (χ3n) is 4.05. The fourth-order valence-electron chi connectivity index (χ4n) is 2.39. The van der Waals surface area contributed by atoms with Crippen molar-refractivity contribution in [2.45, 2.75) is 40.0 Å². The average molecular weight is 346 g/mol. The Morgan fingerprint density at radius 1 is 1.08 bits per heavy atom. The summed E-state index contributed by atoms with van der Waals surface area (Å²) in [6.45, 7) is 10.9. The molecule has 2 nitrogen and oxygen atoms in total. The molecule has 0 amide bonds. The normalized spacial score (nSPS) is 11.1. The molecule has 0 heterocycles. The Kier molecular flexibility index (Phi) is 6.41. The third kappa shape index (κ3) is 5.63. The molecule has 0 aliphatic heterocycles. The lowest BCUT2D eigenvalue weighted by atomic mass is 9.85. The lowest BCUT2D eigenvalue weighted by molar-refractivity contribution is -0.137. The van der Waals surface area contributed by atoms with E-state index in [0.717, 1.165) is 16.7 Å². The molecule has 0 fully saturated rings. The fourth-order valence-corrected chi connectivity index (χ4v) is 2.39. The first-order valence-electron chi connectivity index (χ1n) is 8.87. The maximum atomic E-state index is 11.3. The summed E-state index contributed by atoms with van der Waals surface area (Å²) in [5, 5.41) is 0. The summed E-state index contributed by atoms with van der Waals surface area (Å²) in [5.74, 6) is 6.18. The van der Waals surface area contributed by atoms with Crippen LogP contribution in [0.2, 0.25) is 0 Å². The number of esters is 1. The molecular formula is C24H26O2. The van der Waals surface area contributed by atoms with Crippen LogP contribution in [0.5, 0.6) is 0 Å². The van der Waals surface area contributed by atoms with Gasteiger partial charge in [0.15, 0.2) is 0 Å². The molecule has 0 spiro atoms. The molecule has 0 saturated carbocycles. The number of benzene rings is 2. The van der Waals surface area contributed by atoms with E-state index in [2.05, 4.69) is 57.7 Å². The highest BCUT2D eigenvalue weighted by Gasteiger charge is 2.14. The highest BCUT2D eigenvalue weighted by atomic mass is 16.5. The van der Waals surface area contributed by atoms with Crippen LogP contribution >= 0.6 is 0 Å². The summed E-state index contributed by atoms with van der Waals surface area (Å²) in [6.07, 6.45) is 3.18. The van der Waals surface area contributed by atoms with Crippen molar-refractivity contribution in [1.82, 2.24) is 0 Å². The molecule has 0 aliphatic rings. The first-order valence-corrected chi connectivity index (χ1v) is 8.87. The van der Waals surface area contributed by atoms with Crippen LogP contribution < -0.4 is 0 Å². The molecule has 0 aromatic heterocycles. The van der Waals surface area contributed by atoms with Crippen molar-refractivity contribution in [3.05, 3.63) is 76.4 Å². The Labute approximate surface area is 156 Å². The molecule has 134 valence electrons. The molecular weight excluding hydrogens is 320 g/mol. The topological polar surface area (TPSA) is 26.3 Å². The van der Waals surface area contributed by atoms with E-state index in [4.69, 9.17) is 4.74 Å². The van der Waals surface area contributed by atoms with Gasteiger partial charge in [-0.05, 0) is 60.2 Å². The molecule has 0 radical (unpaired) electrons. The number of carbonyl (C=O) groups is 1. The SMILES string of the molecule is CCOC(=O)C=Cc1ccc(C#Cc2cc(C(C)(C)C)ccc2C)cc1. The Morgan fingerprint density at radius 2 is 1.77 bits per heavy atom. The van der Waals surface area contributed by atoms with Crippen LogP contribution in [0.15, 0.2) is 48.5 Å². The first kappa shape index (κ1) is 19.5. The molecule has 0 atom stereocenters. The number of hydrogen-bond acceptors (Lipinski definition) is 2.